The number of anilines is 2. The minimum Gasteiger partial charge on any atom is -0.326 e. The number of aryl methyl sites for hydroxylation is 1. The molecule has 2 amide bonds. The quantitative estimate of drug-likeness (QED) is 0.859. The molecule has 0 bridgehead atoms. The van der Waals surface area contributed by atoms with Gasteiger partial charge < -0.3 is 15.5 Å². The number of hydrogen-bond donors (Lipinski definition) is 2. The van der Waals surface area contributed by atoms with Crippen molar-refractivity contribution >= 4 is 23.2 Å². The second kappa shape index (κ2) is 8.57. The highest BCUT2D eigenvalue weighted by molar-refractivity contribution is 6.07. The molecule has 4 rings (SSSR count). The maximum atomic E-state index is 13.1. The van der Waals surface area contributed by atoms with Crippen LogP contribution in [0.4, 0.5) is 11.4 Å². The molecule has 1 saturated heterocycles. The second-order valence-electron chi connectivity index (χ2n) is 7.63. The molecule has 5 nitrogen and oxygen atoms in total. The Bertz CT molecular complexity index is 841. The van der Waals surface area contributed by atoms with Crippen molar-refractivity contribution < 1.29 is 9.59 Å². The fraction of sp³-hybridized carbons (Fsp3) is 0.391. The van der Waals surface area contributed by atoms with Crippen LogP contribution in [0.5, 0.6) is 0 Å². The largest absolute Gasteiger partial charge is 0.326 e. The number of nitrogens with one attached hydrogen (secondary N) is 2. The number of amides is 2. The van der Waals surface area contributed by atoms with Gasteiger partial charge in [0, 0.05) is 29.4 Å². The summed E-state index contributed by atoms with van der Waals surface area (Å²) >= 11 is 0. The molecule has 0 saturated carbocycles. The van der Waals surface area contributed by atoms with Gasteiger partial charge in [-0.05, 0) is 81.1 Å². The highest BCUT2D eigenvalue weighted by Crippen LogP contribution is 2.28. The Morgan fingerprint density at radius 2 is 1.71 bits per heavy atom. The summed E-state index contributed by atoms with van der Waals surface area (Å²) in [6.07, 6.45) is 4.86. The maximum Gasteiger partial charge on any atom is 0.258 e. The van der Waals surface area contributed by atoms with E-state index in [2.05, 4.69) is 16.7 Å². The van der Waals surface area contributed by atoms with Gasteiger partial charge in [-0.2, -0.15) is 0 Å². The first kappa shape index (κ1) is 18.7. The van der Waals surface area contributed by atoms with Crippen LogP contribution >= 0.6 is 0 Å². The minimum absolute atomic E-state index is 0.0191. The fourth-order valence-electron chi connectivity index (χ4n) is 4.08. The van der Waals surface area contributed by atoms with Crippen molar-refractivity contribution in [2.24, 2.45) is 5.92 Å². The third kappa shape index (κ3) is 4.09. The van der Waals surface area contributed by atoms with Crippen molar-refractivity contribution in [3.8, 4) is 0 Å². The van der Waals surface area contributed by atoms with Crippen molar-refractivity contribution in [1.82, 2.24) is 5.32 Å². The van der Waals surface area contributed by atoms with E-state index in [1.807, 2.05) is 47.4 Å². The van der Waals surface area contributed by atoms with Gasteiger partial charge in [-0.1, -0.05) is 18.2 Å². The molecule has 0 atom stereocenters. The number of hydrogen-bond acceptors (Lipinski definition) is 3. The molecule has 0 aromatic heterocycles. The smallest absolute Gasteiger partial charge is 0.258 e. The number of nitrogens with zero attached hydrogens (tertiary/aromatic N) is 1. The molecule has 0 aliphatic carbocycles. The number of carbonyl (C=O) groups is 2. The Morgan fingerprint density at radius 3 is 2.50 bits per heavy atom. The van der Waals surface area contributed by atoms with Crippen molar-refractivity contribution in [3.63, 3.8) is 0 Å². The first-order valence-corrected chi connectivity index (χ1v) is 10.2. The van der Waals surface area contributed by atoms with E-state index in [0.29, 0.717) is 5.56 Å². The summed E-state index contributed by atoms with van der Waals surface area (Å²) in [5.41, 5.74) is 3.65. The Hall–Kier alpha value is -2.66. The fourth-order valence-corrected chi connectivity index (χ4v) is 4.08. The third-order valence-corrected chi connectivity index (χ3v) is 5.71. The SMILES string of the molecule is O=C(Nc1ccc(C(=O)N2CCCCc3ccccc32)cc1)C1CCNCC1. The monoisotopic (exact) mass is 377 g/mol. The van der Waals surface area contributed by atoms with Gasteiger partial charge in [-0.25, -0.2) is 0 Å². The first-order valence-electron chi connectivity index (χ1n) is 10.2. The average molecular weight is 377 g/mol. The van der Waals surface area contributed by atoms with Crippen LogP contribution in [0.2, 0.25) is 0 Å². The molecule has 2 heterocycles. The van der Waals surface area contributed by atoms with Crippen LogP contribution in [0.15, 0.2) is 48.5 Å². The Labute approximate surface area is 166 Å². The first-order chi connectivity index (χ1) is 13.7. The Balaban J connectivity index is 1.46. The van der Waals surface area contributed by atoms with Gasteiger partial charge in [-0.3, -0.25) is 9.59 Å². The van der Waals surface area contributed by atoms with E-state index in [1.54, 1.807) is 0 Å². The molecule has 28 heavy (non-hydrogen) atoms. The summed E-state index contributed by atoms with van der Waals surface area (Å²) in [5, 5.41) is 6.27. The minimum atomic E-state index is 0.0191. The van der Waals surface area contributed by atoms with E-state index in [9.17, 15) is 9.59 Å². The topological polar surface area (TPSA) is 61.4 Å². The molecule has 2 aromatic rings. The maximum absolute atomic E-state index is 13.1. The average Bonchev–Trinajstić information content (AvgIpc) is 2.97. The van der Waals surface area contributed by atoms with Gasteiger partial charge in [-0.15, -0.1) is 0 Å². The lowest BCUT2D eigenvalue weighted by Gasteiger charge is -2.23. The van der Waals surface area contributed by atoms with Crippen molar-refractivity contribution in [2.45, 2.75) is 32.1 Å². The zero-order valence-corrected chi connectivity index (χ0v) is 16.1. The van der Waals surface area contributed by atoms with Gasteiger partial charge in [0.2, 0.25) is 5.91 Å². The zero-order valence-electron chi connectivity index (χ0n) is 16.1. The van der Waals surface area contributed by atoms with E-state index in [-0.39, 0.29) is 17.7 Å². The predicted molar refractivity (Wildman–Crippen MR) is 112 cm³/mol. The molecule has 146 valence electrons. The van der Waals surface area contributed by atoms with Gasteiger partial charge in [0.15, 0.2) is 0 Å². The van der Waals surface area contributed by atoms with Crippen molar-refractivity contribution in [1.29, 1.82) is 0 Å². The van der Waals surface area contributed by atoms with Gasteiger partial charge in [0.05, 0.1) is 0 Å². The summed E-state index contributed by atoms with van der Waals surface area (Å²) in [6.45, 7) is 2.52. The van der Waals surface area contributed by atoms with E-state index in [0.717, 1.165) is 63.1 Å². The lowest BCUT2D eigenvalue weighted by molar-refractivity contribution is -0.120. The Kier molecular flexibility index (Phi) is 5.72. The third-order valence-electron chi connectivity index (χ3n) is 5.71. The second-order valence-corrected chi connectivity index (χ2v) is 7.63. The summed E-state index contributed by atoms with van der Waals surface area (Å²) in [5.74, 6) is 0.156. The number of para-hydroxylation sites is 1. The zero-order chi connectivity index (χ0) is 19.3. The molecular formula is C23H27N3O2. The van der Waals surface area contributed by atoms with Crippen LogP contribution in [-0.2, 0) is 11.2 Å². The lowest BCUT2D eigenvalue weighted by Crippen LogP contribution is -2.34. The van der Waals surface area contributed by atoms with Crippen LogP contribution < -0.4 is 15.5 Å². The summed E-state index contributed by atoms with van der Waals surface area (Å²) in [7, 11) is 0. The van der Waals surface area contributed by atoms with Crippen molar-refractivity contribution in [2.75, 3.05) is 29.9 Å². The van der Waals surface area contributed by atoms with Crippen LogP contribution in [0, 0.1) is 5.92 Å². The van der Waals surface area contributed by atoms with E-state index in [1.165, 1.54) is 5.56 Å². The van der Waals surface area contributed by atoms with Crippen LogP contribution in [0.3, 0.4) is 0 Å². The molecule has 5 heteroatoms. The molecule has 0 radical (unpaired) electrons. The van der Waals surface area contributed by atoms with E-state index in [4.69, 9.17) is 0 Å². The van der Waals surface area contributed by atoms with E-state index >= 15 is 0 Å². The number of piperidine rings is 1. The van der Waals surface area contributed by atoms with Crippen LogP contribution in [-0.4, -0.2) is 31.4 Å². The molecule has 0 spiro atoms. The number of rotatable bonds is 3. The highest BCUT2D eigenvalue weighted by Gasteiger charge is 2.23. The van der Waals surface area contributed by atoms with Gasteiger partial charge >= 0.3 is 0 Å². The molecule has 2 aromatic carbocycles. The standard InChI is InChI=1S/C23H27N3O2/c27-22(18-12-14-24-15-13-18)25-20-10-8-19(9-11-20)23(28)26-16-4-3-6-17-5-1-2-7-21(17)26/h1-2,5,7-11,18,24H,3-4,6,12-16H2,(H,25,27). The summed E-state index contributed by atoms with van der Waals surface area (Å²) in [4.78, 5) is 27.4. The number of fused-ring (bicyclic) bond motifs is 1. The van der Waals surface area contributed by atoms with Gasteiger partial charge in [0.1, 0.15) is 0 Å². The number of carbonyl (C=O) groups excluding carboxylic acids is 2. The van der Waals surface area contributed by atoms with Crippen LogP contribution in [0.1, 0.15) is 41.6 Å². The molecule has 2 aliphatic heterocycles. The Morgan fingerprint density at radius 1 is 0.964 bits per heavy atom. The molecule has 2 N–H and O–H groups in total. The molecule has 1 fully saturated rings. The number of benzene rings is 2. The van der Waals surface area contributed by atoms with Gasteiger partial charge in [0.25, 0.3) is 5.91 Å². The molecular weight excluding hydrogens is 350 g/mol. The lowest BCUT2D eigenvalue weighted by atomic mass is 9.97. The molecule has 0 unspecified atom stereocenters. The summed E-state index contributed by atoms with van der Waals surface area (Å²) in [6, 6.07) is 15.5. The normalized spacial score (nSPS) is 17.5. The van der Waals surface area contributed by atoms with E-state index < -0.39 is 0 Å². The summed E-state index contributed by atoms with van der Waals surface area (Å²) < 4.78 is 0. The molecule has 2 aliphatic rings. The highest BCUT2D eigenvalue weighted by atomic mass is 16.2. The van der Waals surface area contributed by atoms with Crippen molar-refractivity contribution in [3.05, 3.63) is 59.7 Å². The predicted octanol–water partition coefficient (Wildman–Crippen LogP) is 3.61. The van der Waals surface area contributed by atoms with Crippen LogP contribution in [0.25, 0.3) is 0 Å².